The quantitative estimate of drug-likeness (QED) is 0.706. The van der Waals surface area contributed by atoms with Crippen LogP contribution in [0.15, 0.2) is 11.4 Å². The highest BCUT2D eigenvalue weighted by atomic mass is 32.1. The van der Waals surface area contributed by atoms with E-state index in [9.17, 15) is 18.0 Å². The topological polar surface area (TPSA) is 88.1 Å². The van der Waals surface area contributed by atoms with Crippen molar-refractivity contribution in [3.8, 4) is 0 Å². The molecule has 0 radical (unpaired) electrons. The van der Waals surface area contributed by atoms with E-state index in [0.29, 0.717) is 24.5 Å². The average Bonchev–Trinajstić information content (AvgIpc) is 3.30. The fourth-order valence-corrected chi connectivity index (χ4v) is 4.36. The van der Waals surface area contributed by atoms with Crippen molar-refractivity contribution >= 4 is 23.2 Å². The molecule has 0 aliphatic carbocycles. The molecule has 7 nitrogen and oxygen atoms in total. The first-order valence-electron chi connectivity index (χ1n) is 9.04. The smallest absolute Gasteiger partial charge is 0.475 e. The number of aryl methyl sites for hydroxylation is 1. The van der Waals surface area contributed by atoms with Crippen LogP contribution >= 0.6 is 11.3 Å². The molecule has 0 aromatic carbocycles. The second kappa shape index (κ2) is 10.4. The molecule has 2 aliphatic rings. The van der Waals surface area contributed by atoms with Gasteiger partial charge in [0.05, 0.1) is 12.7 Å². The summed E-state index contributed by atoms with van der Waals surface area (Å²) in [4.78, 5) is 24.3. The highest BCUT2D eigenvalue weighted by Crippen LogP contribution is 2.34. The summed E-state index contributed by atoms with van der Waals surface area (Å²) in [6.45, 7) is 6.84. The number of carboxylic acid groups (broad SMARTS) is 1. The van der Waals surface area contributed by atoms with Gasteiger partial charge in [0.25, 0.3) is 0 Å². The molecule has 0 saturated carbocycles. The molecule has 0 unspecified atom stereocenters. The monoisotopic (exact) mass is 438 g/mol. The van der Waals surface area contributed by atoms with Gasteiger partial charge in [-0.2, -0.15) is 13.2 Å². The van der Waals surface area contributed by atoms with E-state index in [1.165, 1.54) is 17.6 Å². The van der Waals surface area contributed by atoms with Gasteiger partial charge in [-0.1, -0.05) is 0 Å². The molecule has 3 rings (SSSR count). The van der Waals surface area contributed by atoms with Crippen LogP contribution in [-0.4, -0.2) is 74.1 Å². The molecule has 2 aliphatic heterocycles. The number of likely N-dealkylation sites (tertiary alicyclic amines) is 1. The second-order valence-electron chi connectivity index (χ2n) is 7.06. The lowest BCUT2D eigenvalue weighted by atomic mass is 9.93. The summed E-state index contributed by atoms with van der Waals surface area (Å²) in [6, 6.07) is 2.18. The van der Waals surface area contributed by atoms with E-state index in [2.05, 4.69) is 28.6 Å². The molecule has 2 saturated heterocycles. The zero-order valence-electron chi connectivity index (χ0n) is 16.2. The van der Waals surface area contributed by atoms with E-state index in [1.807, 2.05) is 11.3 Å². The van der Waals surface area contributed by atoms with Gasteiger partial charge >= 0.3 is 12.1 Å². The molecule has 1 amide bonds. The number of amides is 1. The molecule has 0 bridgehead atoms. The summed E-state index contributed by atoms with van der Waals surface area (Å²) in [7, 11) is 1.54. The number of nitrogens with zero attached hydrogens (tertiary/aromatic N) is 1. The van der Waals surface area contributed by atoms with Gasteiger partial charge in [-0.05, 0) is 23.9 Å². The molecule has 2 fully saturated rings. The first-order valence-corrected chi connectivity index (χ1v) is 9.92. The van der Waals surface area contributed by atoms with Crippen molar-refractivity contribution in [2.24, 2.45) is 11.8 Å². The molecular formula is C18H25F3N2O5S. The van der Waals surface area contributed by atoms with Gasteiger partial charge in [0, 0.05) is 50.0 Å². The van der Waals surface area contributed by atoms with Crippen LogP contribution in [0.2, 0.25) is 0 Å². The fraction of sp³-hybridized carbons (Fsp3) is 0.667. The van der Waals surface area contributed by atoms with E-state index in [-0.39, 0.29) is 12.5 Å². The second-order valence-corrected chi connectivity index (χ2v) is 8.06. The number of methoxy groups -OCH3 is 1. The Morgan fingerprint density at radius 3 is 2.66 bits per heavy atom. The number of carbonyl (C=O) groups excluding carboxylic acids is 1. The van der Waals surface area contributed by atoms with Crippen molar-refractivity contribution in [2.75, 3.05) is 40.0 Å². The van der Waals surface area contributed by atoms with Crippen LogP contribution in [0, 0.1) is 18.8 Å². The predicted molar refractivity (Wildman–Crippen MR) is 99.6 cm³/mol. The molecule has 0 spiro atoms. The molecule has 1 aromatic rings. The predicted octanol–water partition coefficient (Wildman–Crippen LogP) is 1.90. The number of alkyl halides is 3. The lowest BCUT2D eigenvalue weighted by Crippen LogP contribution is -2.35. The van der Waals surface area contributed by atoms with Gasteiger partial charge < -0.3 is 19.9 Å². The van der Waals surface area contributed by atoms with Crippen LogP contribution in [0.4, 0.5) is 13.2 Å². The summed E-state index contributed by atoms with van der Waals surface area (Å²) in [5.41, 5.74) is 1.38. The molecule has 1 aromatic heterocycles. The van der Waals surface area contributed by atoms with Gasteiger partial charge in [-0.25, -0.2) is 4.79 Å². The number of hydrogen-bond donors (Lipinski definition) is 2. The van der Waals surface area contributed by atoms with E-state index < -0.39 is 12.1 Å². The average molecular weight is 438 g/mol. The molecule has 29 heavy (non-hydrogen) atoms. The Bertz CT molecular complexity index is 697. The number of thiophene rings is 1. The molecule has 2 N–H and O–H groups in total. The molecule has 164 valence electrons. The lowest BCUT2D eigenvalue weighted by Gasteiger charge is -2.19. The molecular weight excluding hydrogens is 413 g/mol. The first-order chi connectivity index (χ1) is 13.6. The number of fused-ring (bicyclic) bond motifs is 1. The summed E-state index contributed by atoms with van der Waals surface area (Å²) in [6.07, 6.45) is -4.76. The number of ether oxygens (including phenoxy) is 2. The largest absolute Gasteiger partial charge is 0.490 e. The molecule has 11 heteroatoms. The number of aliphatic carboxylic acids is 1. The van der Waals surface area contributed by atoms with Crippen molar-refractivity contribution < 1.29 is 37.3 Å². The van der Waals surface area contributed by atoms with Crippen LogP contribution in [0.5, 0.6) is 0 Å². The number of nitrogens with one attached hydrogen (secondary N) is 1. The first kappa shape index (κ1) is 23.6. The highest BCUT2D eigenvalue weighted by molar-refractivity contribution is 7.10. The van der Waals surface area contributed by atoms with Crippen molar-refractivity contribution in [1.29, 1.82) is 0 Å². The van der Waals surface area contributed by atoms with Crippen LogP contribution in [0.25, 0.3) is 0 Å². The van der Waals surface area contributed by atoms with Gasteiger partial charge in [-0.3, -0.25) is 9.69 Å². The van der Waals surface area contributed by atoms with Crippen LogP contribution in [-0.2, 0) is 25.6 Å². The SMILES string of the molecule is COCC(=O)NC[C@@H]1CO[C@@H]2CN(Cc3sccc3C)C[C@H]12.O=C(O)C(F)(F)F. The Labute approximate surface area is 170 Å². The Balaban J connectivity index is 0.000000370. The van der Waals surface area contributed by atoms with Gasteiger partial charge in [0.1, 0.15) is 6.61 Å². The number of halogens is 3. The normalized spacial score (nSPS) is 24.0. The van der Waals surface area contributed by atoms with Gasteiger partial charge in [0.15, 0.2) is 0 Å². The number of rotatable bonds is 6. The summed E-state index contributed by atoms with van der Waals surface area (Å²) in [5, 5.41) is 12.2. The van der Waals surface area contributed by atoms with Crippen molar-refractivity contribution in [3.05, 3.63) is 21.9 Å². The standard InChI is InChI=1S/C16H24N2O3S.C2HF3O2/c1-11-3-4-22-15(11)8-18-6-13-12(9-21-14(13)7-18)5-17-16(19)10-20-2;3-2(4,5)1(6)7/h3-4,12-14H,5-10H2,1-2H3,(H,17,19);(H,6,7)/t12-,13-,14-;/m1./s1. The molecule has 3 atom stereocenters. The van der Waals surface area contributed by atoms with Crippen molar-refractivity contribution in [1.82, 2.24) is 10.2 Å². The van der Waals surface area contributed by atoms with Crippen LogP contribution in [0.3, 0.4) is 0 Å². The zero-order valence-corrected chi connectivity index (χ0v) is 17.0. The minimum Gasteiger partial charge on any atom is -0.475 e. The lowest BCUT2D eigenvalue weighted by molar-refractivity contribution is -0.192. The van der Waals surface area contributed by atoms with Gasteiger partial charge in [0.2, 0.25) is 5.91 Å². The van der Waals surface area contributed by atoms with E-state index in [4.69, 9.17) is 19.4 Å². The van der Waals surface area contributed by atoms with Crippen LogP contribution in [0.1, 0.15) is 10.4 Å². The maximum absolute atomic E-state index is 11.5. The minimum atomic E-state index is -5.08. The maximum Gasteiger partial charge on any atom is 0.490 e. The summed E-state index contributed by atoms with van der Waals surface area (Å²) < 4.78 is 42.5. The Morgan fingerprint density at radius 1 is 1.41 bits per heavy atom. The Morgan fingerprint density at radius 2 is 2.10 bits per heavy atom. The Kier molecular flexibility index (Phi) is 8.44. The molecule has 3 heterocycles. The third kappa shape index (κ3) is 6.95. The maximum atomic E-state index is 11.5. The van der Waals surface area contributed by atoms with E-state index in [0.717, 1.165) is 26.2 Å². The highest BCUT2D eigenvalue weighted by Gasteiger charge is 2.43. The van der Waals surface area contributed by atoms with Gasteiger partial charge in [-0.15, -0.1) is 11.3 Å². The minimum absolute atomic E-state index is 0.0463. The summed E-state index contributed by atoms with van der Waals surface area (Å²) in [5.74, 6) is -1.86. The third-order valence-corrected chi connectivity index (χ3v) is 5.94. The number of carboxylic acids is 1. The summed E-state index contributed by atoms with van der Waals surface area (Å²) >= 11 is 1.83. The van der Waals surface area contributed by atoms with Crippen LogP contribution < -0.4 is 5.32 Å². The van der Waals surface area contributed by atoms with E-state index in [1.54, 1.807) is 0 Å². The number of hydrogen-bond acceptors (Lipinski definition) is 6. The number of carbonyl (C=O) groups is 2. The van der Waals surface area contributed by atoms with Crippen molar-refractivity contribution in [3.63, 3.8) is 0 Å². The Hall–Kier alpha value is -1.69. The fourth-order valence-electron chi connectivity index (χ4n) is 3.42. The van der Waals surface area contributed by atoms with Crippen molar-refractivity contribution in [2.45, 2.75) is 25.7 Å². The van der Waals surface area contributed by atoms with E-state index >= 15 is 0 Å². The zero-order chi connectivity index (χ0) is 21.6. The third-order valence-electron chi connectivity index (χ3n) is 4.93.